The Morgan fingerprint density at radius 3 is 2.55 bits per heavy atom. The second-order valence-corrected chi connectivity index (χ2v) is 4.72. The van der Waals surface area contributed by atoms with Crippen LogP contribution < -0.4 is 10.6 Å². The number of aryl methyl sites for hydroxylation is 2. The van der Waals surface area contributed by atoms with E-state index in [1.165, 1.54) is 11.1 Å². The fourth-order valence-corrected chi connectivity index (χ4v) is 2.00. The van der Waals surface area contributed by atoms with Crippen LogP contribution in [0.3, 0.4) is 0 Å². The van der Waals surface area contributed by atoms with E-state index in [1.54, 1.807) is 0 Å². The van der Waals surface area contributed by atoms with Gasteiger partial charge in [0.15, 0.2) is 0 Å². The van der Waals surface area contributed by atoms with Crippen LogP contribution in [0.5, 0.6) is 0 Å². The lowest BCUT2D eigenvalue weighted by Gasteiger charge is -2.14. The standard InChI is InChI=1S/C15H21N5/c1-5-13-19-14(16-4)11(3)15(20-13)18-9-12-8-17-7-6-10(12)2/h6-8H,5,9H2,1-4H3,(H2,16,18,19,20). The van der Waals surface area contributed by atoms with Crippen LogP contribution >= 0.6 is 0 Å². The summed E-state index contributed by atoms with van der Waals surface area (Å²) in [6.45, 7) is 6.87. The molecule has 0 unspecified atom stereocenters. The van der Waals surface area contributed by atoms with E-state index in [0.717, 1.165) is 29.4 Å². The number of pyridine rings is 1. The zero-order valence-corrected chi connectivity index (χ0v) is 12.5. The minimum atomic E-state index is 0.712. The highest BCUT2D eigenvalue weighted by Crippen LogP contribution is 2.20. The Bertz CT molecular complexity index is 595. The zero-order chi connectivity index (χ0) is 14.5. The molecular weight excluding hydrogens is 250 g/mol. The van der Waals surface area contributed by atoms with E-state index >= 15 is 0 Å². The fourth-order valence-electron chi connectivity index (χ4n) is 2.00. The Hall–Kier alpha value is -2.17. The van der Waals surface area contributed by atoms with Crippen LogP contribution in [0.2, 0.25) is 0 Å². The number of anilines is 2. The maximum absolute atomic E-state index is 4.56. The highest BCUT2D eigenvalue weighted by molar-refractivity contribution is 5.57. The second kappa shape index (κ2) is 6.32. The maximum atomic E-state index is 4.56. The third-order valence-corrected chi connectivity index (χ3v) is 3.34. The van der Waals surface area contributed by atoms with Gasteiger partial charge in [-0.25, -0.2) is 9.97 Å². The van der Waals surface area contributed by atoms with Crippen molar-refractivity contribution < 1.29 is 0 Å². The zero-order valence-electron chi connectivity index (χ0n) is 12.5. The van der Waals surface area contributed by atoms with E-state index in [1.807, 2.05) is 32.4 Å². The first-order chi connectivity index (χ1) is 9.65. The van der Waals surface area contributed by atoms with E-state index in [9.17, 15) is 0 Å². The molecule has 2 heterocycles. The van der Waals surface area contributed by atoms with Crippen LogP contribution in [0.15, 0.2) is 18.5 Å². The molecule has 5 heteroatoms. The van der Waals surface area contributed by atoms with E-state index in [2.05, 4.69) is 39.4 Å². The molecule has 0 bridgehead atoms. The molecule has 2 aromatic heterocycles. The van der Waals surface area contributed by atoms with Crippen molar-refractivity contribution in [3.05, 3.63) is 41.0 Å². The van der Waals surface area contributed by atoms with Crippen molar-refractivity contribution in [2.45, 2.75) is 33.7 Å². The topological polar surface area (TPSA) is 62.7 Å². The summed E-state index contributed by atoms with van der Waals surface area (Å²) in [5.74, 6) is 2.59. The van der Waals surface area contributed by atoms with Gasteiger partial charge in [-0.3, -0.25) is 4.98 Å². The average molecular weight is 271 g/mol. The lowest BCUT2D eigenvalue weighted by atomic mass is 10.1. The van der Waals surface area contributed by atoms with Gasteiger partial charge in [-0.2, -0.15) is 0 Å². The number of aromatic nitrogens is 3. The number of nitrogens with zero attached hydrogens (tertiary/aromatic N) is 3. The summed E-state index contributed by atoms with van der Waals surface area (Å²) < 4.78 is 0. The normalized spacial score (nSPS) is 10.4. The van der Waals surface area contributed by atoms with Gasteiger partial charge in [-0.15, -0.1) is 0 Å². The molecule has 0 saturated heterocycles. The van der Waals surface area contributed by atoms with Crippen LogP contribution in [0.25, 0.3) is 0 Å². The smallest absolute Gasteiger partial charge is 0.135 e. The molecule has 0 atom stereocenters. The summed E-state index contributed by atoms with van der Waals surface area (Å²) in [7, 11) is 1.88. The third kappa shape index (κ3) is 3.04. The lowest BCUT2D eigenvalue weighted by Crippen LogP contribution is -2.10. The molecule has 0 saturated carbocycles. The molecule has 0 amide bonds. The van der Waals surface area contributed by atoms with Crippen molar-refractivity contribution >= 4 is 11.6 Å². The predicted octanol–water partition coefficient (Wildman–Crippen LogP) is 2.70. The minimum Gasteiger partial charge on any atom is -0.373 e. The van der Waals surface area contributed by atoms with E-state index in [0.29, 0.717) is 6.54 Å². The van der Waals surface area contributed by atoms with Crippen molar-refractivity contribution in [2.24, 2.45) is 0 Å². The van der Waals surface area contributed by atoms with Crippen molar-refractivity contribution in [3.63, 3.8) is 0 Å². The fraction of sp³-hybridized carbons (Fsp3) is 0.400. The summed E-state index contributed by atoms with van der Waals surface area (Å²) in [5.41, 5.74) is 3.43. The van der Waals surface area contributed by atoms with Gasteiger partial charge in [0.2, 0.25) is 0 Å². The molecule has 2 N–H and O–H groups in total. The average Bonchev–Trinajstić information content (AvgIpc) is 2.47. The van der Waals surface area contributed by atoms with Crippen molar-refractivity contribution in [3.8, 4) is 0 Å². The van der Waals surface area contributed by atoms with Gasteiger partial charge < -0.3 is 10.6 Å². The van der Waals surface area contributed by atoms with Gasteiger partial charge in [0.25, 0.3) is 0 Å². The van der Waals surface area contributed by atoms with Crippen molar-refractivity contribution in [2.75, 3.05) is 17.7 Å². The van der Waals surface area contributed by atoms with Crippen molar-refractivity contribution in [1.82, 2.24) is 15.0 Å². The quantitative estimate of drug-likeness (QED) is 0.875. The van der Waals surface area contributed by atoms with Crippen LogP contribution in [0.4, 0.5) is 11.6 Å². The Labute approximate surface area is 119 Å². The molecular formula is C15H21N5. The van der Waals surface area contributed by atoms with Crippen molar-refractivity contribution in [1.29, 1.82) is 0 Å². The van der Waals surface area contributed by atoms with Crippen LogP contribution in [0.1, 0.15) is 29.4 Å². The summed E-state index contributed by atoms with van der Waals surface area (Å²) >= 11 is 0. The molecule has 20 heavy (non-hydrogen) atoms. The highest BCUT2D eigenvalue weighted by Gasteiger charge is 2.09. The summed E-state index contributed by atoms with van der Waals surface area (Å²) in [5, 5.41) is 6.50. The molecule has 106 valence electrons. The minimum absolute atomic E-state index is 0.712. The molecule has 0 aliphatic carbocycles. The van der Waals surface area contributed by atoms with Crippen LogP contribution in [-0.4, -0.2) is 22.0 Å². The Morgan fingerprint density at radius 2 is 1.90 bits per heavy atom. The first kappa shape index (κ1) is 14.2. The Balaban J connectivity index is 2.23. The summed E-state index contributed by atoms with van der Waals surface area (Å²) in [4.78, 5) is 13.2. The molecule has 0 aliphatic rings. The van der Waals surface area contributed by atoms with Crippen LogP contribution in [-0.2, 0) is 13.0 Å². The first-order valence-electron chi connectivity index (χ1n) is 6.84. The second-order valence-electron chi connectivity index (χ2n) is 4.72. The molecule has 0 fully saturated rings. The number of rotatable bonds is 5. The molecule has 0 spiro atoms. The number of hydrogen-bond acceptors (Lipinski definition) is 5. The van der Waals surface area contributed by atoms with Crippen LogP contribution in [0, 0.1) is 13.8 Å². The molecule has 0 radical (unpaired) electrons. The number of hydrogen-bond donors (Lipinski definition) is 2. The largest absolute Gasteiger partial charge is 0.373 e. The van der Waals surface area contributed by atoms with E-state index in [-0.39, 0.29) is 0 Å². The molecule has 2 aromatic rings. The van der Waals surface area contributed by atoms with Gasteiger partial charge in [0.05, 0.1) is 0 Å². The molecule has 5 nitrogen and oxygen atoms in total. The lowest BCUT2D eigenvalue weighted by molar-refractivity contribution is 0.922. The Morgan fingerprint density at radius 1 is 1.15 bits per heavy atom. The Kier molecular flexibility index (Phi) is 4.50. The van der Waals surface area contributed by atoms with E-state index < -0.39 is 0 Å². The van der Waals surface area contributed by atoms with E-state index in [4.69, 9.17) is 0 Å². The molecule has 0 aromatic carbocycles. The summed E-state index contributed by atoms with van der Waals surface area (Å²) in [6.07, 6.45) is 4.51. The van der Waals surface area contributed by atoms with Gasteiger partial charge >= 0.3 is 0 Å². The van der Waals surface area contributed by atoms with Gasteiger partial charge in [0.1, 0.15) is 17.5 Å². The monoisotopic (exact) mass is 271 g/mol. The van der Waals surface area contributed by atoms with Gasteiger partial charge in [-0.05, 0) is 31.0 Å². The highest BCUT2D eigenvalue weighted by atomic mass is 15.1. The molecule has 0 aliphatic heterocycles. The molecule has 2 rings (SSSR count). The summed E-state index contributed by atoms with van der Waals surface area (Å²) in [6, 6.07) is 2.01. The SMILES string of the molecule is CCc1nc(NC)c(C)c(NCc2cnccc2C)n1. The number of nitrogens with one attached hydrogen (secondary N) is 2. The predicted molar refractivity (Wildman–Crippen MR) is 82.0 cm³/mol. The third-order valence-electron chi connectivity index (χ3n) is 3.34. The first-order valence-corrected chi connectivity index (χ1v) is 6.84. The van der Waals surface area contributed by atoms with Gasteiger partial charge in [0, 0.05) is 38.0 Å². The maximum Gasteiger partial charge on any atom is 0.135 e. The van der Waals surface area contributed by atoms with Gasteiger partial charge in [-0.1, -0.05) is 6.92 Å².